The molecule has 4 heterocycles. The molecule has 2 aliphatic rings. The summed E-state index contributed by atoms with van der Waals surface area (Å²) in [7, 11) is 0. The van der Waals surface area contributed by atoms with Gasteiger partial charge in [0, 0.05) is 35.2 Å². The van der Waals surface area contributed by atoms with E-state index < -0.39 is 35.1 Å². The SMILES string of the molecule is CCN1C(=O)[C@@H]2CN(C(=O)CCOCC(=S)[C@H](C)Nc3cn[nH]c(=O)c3C(F)(F)F)CCN2c2ncc(Br)cc21. The van der Waals surface area contributed by atoms with Crippen molar-refractivity contribution in [2.75, 3.05) is 54.5 Å². The second kappa shape index (κ2) is 12.2. The van der Waals surface area contributed by atoms with E-state index in [2.05, 4.69) is 31.3 Å². The summed E-state index contributed by atoms with van der Waals surface area (Å²) in [5.41, 5.74) is -2.52. The Morgan fingerprint density at radius 3 is 2.77 bits per heavy atom. The van der Waals surface area contributed by atoms with Gasteiger partial charge in [-0.2, -0.15) is 18.3 Å². The third-order valence-corrected chi connectivity index (χ3v) is 7.58. The van der Waals surface area contributed by atoms with Gasteiger partial charge in [0.25, 0.3) is 11.5 Å². The van der Waals surface area contributed by atoms with Crippen LogP contribution in [0, 0.1) is 0 Å². The smallest absolute Gasteiger partial charge is 0.376 e. The second-order valence-electron chi connectivity index (χ2n) is 9.25. The first-order chi connectivity index (χ1) is 18.9. The Morgan fingerprint density at radius 1 is 1.32 bits per heavy atom. The maximum atomic E-state index is 13.3. The van der Waals surface area contributed by atoms with Gasteiger partial charge in [-0.1, -0.05) is 12.2 Å². The number of piperazine rings is 1. The molecule has 40 heavy (non-hydrogen) atoms. The first-order valence-electron chi connectivity index (χ1n) is 12.5. The Hall–Kier alpha value is -3.11. The molecule has 216 valence electrons. The number of aromatic nitrogens is 3. The highest BCUT2D eigenvalue weighted by Crippen LogP contribution is 2.37. The third-order valence-electron chi connectivity index (χ3n) is 6.68. The molecule has 0 bridgehead atoms. The molecular formula is C24H27BrF3N7O4S. The molecule has 0 radical (unpaired) electrons. The Labute approximate surface area is 241 Å². The molecule has 2 aliphatic heterocycles. The topological polar surface area (TPSA) is 124 Å². The zero-order chi connectivity index (χ0) is 29.2. The van der Waals surface area contributed by atoms with Crippen LogP contribution in [0.1, 0.15) is 25.8 Å². The first kappa shape index (κ1) is 29.9. The first-order valence-corrected chi connectivity index (χ1v) is 13.7. The number of rotatable bonds is 9. The average molecular weight is 646 g/mol. The lowest BCUT2D eigenvalue weighted by Crippen LogP contribution is -2.63. The predicted molar refractivity (Wildman–Crippen MR) is 149 cm³/mol. The van der Waals surface area contributed by atoms with Crippen LogP contribution in [0.5, 0.6) is 0 Å². The number of aromatic amines is 1. The van der Waals surface area contributed by atoms with Gasteiger partial charge >= 0.3 is 6.18 Å². The maximum absolute atomic E-state index is 13.3. The normalized spacial score (nSPS) is 17.8. The lowest BCUT2D eigenvalue weighted by Gasteiger charge is -2.47. The van der Waals surface area contributed by atoms with Crippen LogP contribution in [0.2, 0.25) is 0 Å². The number of likely N-dealkylation sites (N-methyl/N-ethyl adjacent to an activating group) is 1. The fraction of sp³-hybridized carbons (Fsp3) is 0.500. The van der Waals surface area contributed by atoms with E-state index in [1.807, 2.05) is 17.9 Å². The van der Waals surface area contributed by atoms with Gasteiger partial charge in [-0.25, -0.2) is 10.1 Å². The molecule has 2 aromatic heterocycles. The van der Waals surface area contributed by atoms with Crippen LogP contribution < -0.4 is 20.7 Å². The van der Waals surface area contributed by atoms with Crippen molar-refractivity contribution in [2.45, 2.75) is 38.5 Å². The van der Waals surface area contributed by atoms with Crippen molar-refractivity contribution in [3.63, 3.8) is 0 Å². The summed E-state index contributed by atoms with van der Waals surface area (Å²) in [5.74, 6) is 0.422. The van der Waals surface area contributed by atoms with Crippen molar-refractivity contribution in [3.05, 3.63) is 38.9 Å². The number of H-pyrrole nitrogens is 1. The summed E-state index contributed by atoms with van der Waals surface area (Å²) in [5, 5.41) is 7.75. The minimum Gasteiger partial charge on any atom is -0.376 e. The molecule has 0 unspecified atom stereocenters. The fourth-order valence-corrected chi connectivity index (χ4v) is 5.12. The maximum Gasteiger partial charge on any atom is 0.423 e. The Balaban J connectivity index is 1.28. The van der Waals surface area contributed by atoms with E-state index in [-0.39, 0.29) is 42.9 Å². The third kappa shape index (κ3) is 6.28. The van der Waals surface area contributed by atoms with Crippen LogP contribution in [0.4, 0.5) is 30.4 Å². The van der Waals surface area contributed by atoms with Crippen molar-refractivity contribution in [1.82, 2.24) is 20.1 Å². The Kier molecular flexibility index (Phi) is 9.09. The number of halogens is 4. The monoisotopic (exact) mass is 645 g/mol. The molecule has 2 N–H and O–H groups in total. The molecule has 4 rings (SSSR count). The molecule has 11 nitrogen and oxygen atoms in total. The number of nitrogens with zero attached hydrogens (tertiary/aromatic N) is 5. The lowest BCUT2D eigenvalue weighted by atomic mass is 10.1. The predicted octanol–water partition coefficient (Wildman–Crippen LogP) is 2.61. The molecule has 2 aromatic rings. The zero-order valence-electron chi connectivity index (χ0n) is 21.6. The number of carbonyl (C=O) groups excluding carboxylic acids is 2. The molecular weight excluding hydrogens is 619 g/mol. The van der Waals surface area contributed by atoms with Crippen LogP contribution >= 0.6 is 28.1 Å². The van der Waals surface area contributed by atoms with Crippen molar-refractivity contribution < 1.29 is 27.5 Å². The minimum atomic E-state index is -4.88. The van der Waals surface area contributed by atoms with Gasteiger partial charge < -0.3 is 24.8 Å². The van der Waals surface area contributed by atoms with Gasteiger partial charge in [-0.3, -0.25) is 14.4 Å². The van der Waals surface area contributed by atoms with E-state index >= 15 is 0 Å². The minimum absolute atomic E-state index is 0.0321. The van der Waals surface area contributed by atoms with Crippen LogP contribution in [0.25, 0.3) is 0 Å². The molecule has 1 fully saturated rings. The van der Waals surface area contributed by atoms with Crippen molar-refractivity contribution in [3.8, 4) is 0 Å². The molecule has 0 saturated carbocycles. The average Bonchev–Trinajstić information content (AvgIpc) is 2.90. The standard InChI is InChI=1S/C24H27BrF3N7O4S/c1-3-34-16-8-14(25)9-29-21(16)35-6-5-33(11-17(35)23(34)38)19(36)4-7-39-12-18(40)13(2)31-15-10-30-32-22(37)20(15)24(26,27)28/h8-10,13,17H,3-7,11-12H2,1-2H3,(H2,31,32,37)/t13-,17-/m0/s1. The number of alkyl halides is 3. The van der Waals surface area contributed by atoms with Gasteiger partial charge in [0.2, 0.25) is 5.91 Å². The Bertz CT molecular complexity index is 1360. The summed E-state index contributed by atoms with van der Waals surface area (Å²) in [6.07, 6.45) is -2.29. The summed E-state index contributed by atoms with van der Waals surface area (Å²) in [4.78, 5) is 47.8. The van der Waals surface area contributed by atoms with E-state index in [4.69, 9.17) is 17.0 Å². The molecule has 0 spiro atoms. The van der Waals surface area contributed by atoms with E-state index in [9.17, 15) is 27.6 Å². The van der Waals surface area contributed by atoms with Crippen molar-refractivity contribution in [1.29, 1.82) is 0 Å². The van der Waals surface area contributed by atoms with Gasteiger partial charge in [0.1, 0.15) is 11.6 Å². The van der Waals surface area contributed by atoms with E-state index in [1.165, 1.54) is 6.92 Å². The van der Waals surface area contributed by atoms with Gasteiger partial charge in [0.05, 0.1) is 49.8 Å². The number of amides is 2. The largest absolute Gasteiger partial charge is 0.423 e. The van der Waals surface area contributed by atoms with E-state index in [0.29, 0.717) is 25.5 Å². The highest BCUT2D eigenvalue weighted by Gasteiger charge is 2.43. The number of thiocarbonyl (C=S) groups is 1. The van der Waals surface area contributed by atoms with Gasteiger partial charge in [0.15, 0.2) is 5.82 Å². The Morgan fingerprint density at radius 2 is 2.08 bits per heavy atom. The highest BCUT2D eigenvalue weighted by molar-refractivity contribution is 9.10. The van der Waals surface area contributed by atoms with Crippen LogP contribution in [-0.4, -0.2) is 88.2 Å². The number of nitrogens with one attached hydrogen (secondary N) is 2. The number of pyridine rings is 1. The lowest BCUT2D eigenvalue weighted by molar-refractivity contribution is -0.138. The second-order valence-corrected chi connectivity index (χ2v) is 10.7. The molecule has 1 saturated heterocycles. The van der Waals surface area contributed by atoms with E-state index in [1.54, 1.807) is 21.1 Å². The van der Waals surface area contributed by atoms with Crippen LogP contribution in [0.3, 0.4) is 0 Å². The molecule has 2 atom stereocenters. The van der Waals surface area contributed by atoms with Crippen LogP contribution in [-0.2, 0) is 20.5 Å². The molecule has 16 heteroatoms. The van der Waals surface area contributed by atoms with E-state index in [0.717, 1.165) is 16.4 Å². The number of ether oxygens (including phenoxy) is 1. The summed E-state index contributed by atoms with van der Waals surface area (Å²) >= 11 is 8.67. The van der Waals surface area contributed by atoms with Gasteiger partial charge in [-0.15, -0.1) is 0 Å². The van der Waals surface area contributed by atoms with Crippen molar-refractivity contribution >= 4 is 62.0 Å². The summed E-state index contributed by atoms with van der Waals surface area (Å²) in [6, 6.07) is 0.571. The molecule has 0 aliphatic carbocycles. The number of hydrogen-bond donors (Lipinski definition) is 2. The quantitative estimate of drug-likeness (QED) is 0.313. The number of fused-ring (bicyclic) bond motifs is 3. The van der Waals surface area contributed by atoms with Gasteiger partial charge in [-0.05, 0) is 35.8 Å². The number of hydrogen-bond acceptors (Lipinski definition) is 9. The van der Waals surface area contributed by atoms with Crippen molar-refractivity contribution in [2.24, 2.45) is 0 Å². The highest BCUT2D eigenvalue weighted by atomic mass is 79.9. The molecule has 2 amide bonds. The summed E-state index contributed by atoms with van der Waals surface area (Å²) in [6.45, 7) is 4.91. The number of carbonyl (C=O) groups is 2. The fourth-order valence-electron chi connectivity index (χ4n) is 4.66. The zero-order valence-corrected chi connectivity index (χ0v) is 24.0. The molecule has 0 aromatic carbocycles. The van der Waals surface area contributed by atoms with Crippen LogP contribution in [0.15, 0.2) is 27.7 Å². The summed E-state index contributed by atoms with van der Waals surface area (Å²) < 4.78 is 46.1. The number of anilines is 3.